The molecule has 0 saturated carbocycles. The van der Waals surface area contributed by atoms with Crippen molar-refractivity contribution in [3.8, 4) is 0 Å². The fourth-order valence-corrected chi connectivity index (χ4v) is 3.17. The zero-order valence-corrected chi connectivity index (χ0v) is 16.7. The van der Waals surface area contributed by atoms with E-state index >= 15 is 0 Å². The van der Waals surface area contributed by atoms with Crippen molar-refractivity contribution in [2.24, 2.45) is 5.92 Å². The molecule has 1 aromatic carbocycles. The van der Waals surface area contributed by atoms with E-state index in [4.69, 9.17) is 4.74 Å². The lowest BCUT2D eigenvalue weighted by atomic mass is 10.1. The summed E-state index contributed by atoms with van der Waals surface area (Å²) in [5, 5.41) is 8.46. The van der Waals surface area contributed by atoms with Gasteiger partial charge in [0.1, 0.15) is 0 Å². The number of morpholine rings is 1. The SMILES string of the molecule is CC(C)C(=O)NCCNC(=O)Nc1ccccc1CN1C[C@@H](C)O[C@H](C)C1. The average Bonchev–Trinajstić information content (AvgIpc) is 2.59. The van der Waals surface area contributed by atoms with Gasteiger partial charge in [-0.05, 0) is 25.5 Å². The zero-order valence-electron chi connectivity index (χ0n) is 16.7. The van der Waals surface area contributed by atoms with Gasteiger partial charge in [0, 0.05) is 44.3 Å². The van der Waals surface area contributed by atoms with Crippen LogP contribution in [0.4, 0.5) is 10.5 Å². The minimum Gasteiger partial charge on any atom is -0.373 e. The van der Waals surface area contributed by atoms with Crippen molar-refractivity contribution < 1.29 is 14.3 Å². The van der Waals surface area contributed by atoms with Gasteiger partial charge in [-0.2, -0.15) is 0 Å². The number of carbonyl (C=O) groups is 2. The van der Waals surface area contributed by atoms with Crippen molar-refractivity contribution in [1.82, 2.24) is 15.5 Å². The second-order valence-corrected chi connectivity index (χ2v) is 7.44. The van der Waals surface area contributed by atoms with E-state index in [0.29, 0.717) is 13.1 Å². The molecule has 2 rings (SSSR count). The lowest BCUT2D eigenvalue weighted by Gasteiger charge is -2.35. The van der Waals surface area contributed by atoms with Gasteiger partial charge in [0.05, 0.1) is 12.2 Å². The Morgan fingerprint density at radius 3 is 2.41 bits per heavy atom. The molecule has 0 aromatic heterocycles. The number of anilines is 1. The highest BCUT2D eigenvalue weighted by Crippen LogP contribution is 2.20. The predicted octanol–water partition coefficient (Wildman–Crippen LogP) is 2.19. The molecule has 150 valence electrons. The van der Waals surface area contributed by atoms with Gasteiger partial charge < -0.3 is 20.7 Å². The average molecular weight is 377 g/mol. The fourth-order valence-electron chi connectivity index (χ4n) is 3.17. The van der Waals surface area contributed by atoms with Crippen LogP contribution >= 0.6 is 0 Å². The first-order chi connectivity index (χ1) is 12.8. The Bertz CT molecular complexity index is 625. The third-order valence-corrected chi connectivity index (χ3v) is 4.39. The van der Waals surface area contributed by atoms with E-state index in [9.17, 15) is 9.59 Å². The van der Waals surface area contributed by atoms with Gasteiger partial charge in [-0.25, -0.2) is 4.79 Å². The number of carbonyl (C=O) groups excluding carboxylic acids is 2. The van der Waals surface area contributed by atoms with E-state index in [1.54, 1.807) is 0 Å². The first-order valence-corrected chi connectivity index (χ1v) is 9.63. The minimum absolute atomic E-state index is 0.0171. The van der Waals surface area contributed by atoms with Gasteiger partial charge in [0.2, 0.25) is 5.91 Å². The third kappa shape index (κ3) is 7.19. The number of para-hydroxylation sites is 1. The van der Waals surface area contributed by atoms with Gasteiger partial charge in [-0.1, -0.05) is 32.0 Å². The van der Waals surface area contributed by atoms with Crippen molar-refractivity contribution in [1.29, 1.82) is 0 Å². The van der Waals surface area contributed by atoms with E-state index in [0.717, 1.165) is 30.9 Å². The van der Waals surface area contributed by atoms with Crippen LogP contribution in [0.15, 0.2) is 24.3 Å². The standard InChI is InChI=1S/C20H32N4O3/c1-14(2)19(25)21-9-10-22-20(26)23-18-8-6-5-7-17(18)13-24-11-15(3)27-16(4)12-24/h5-8,14-16H,9-13H2,1-4H3,(H,21,25)(H2,22,23,26)/t15-,16-/m1/s1. The molecule has 1 fully saturated rings. The molecule has 1 heterocycles. The molecule has 0 bridgehead atoms. The summed E-state index contributed by atoms with van der Waals surface area (Å²) in [5.41, 5.74) is 1.87. The molecule has 1 saturated heterocycles. The summed E-state index contributed by atoms with van der Waals surface area (Å²) in [6, 6.07) is 7.55. The summed E-state index contributed by atoms with van der Waals surface area (Å²) >= 11 is 0. The number of hydrogen-bond acceptors (Lipinski definition) is 4. The van der Waals surface area contributed by atoms with Crippen molar-refractivity contribution in [3.05, 3.63) is 29.8 Å². The van der Waals surface area contributed by atoms with Crippen LogP contribution in [0, 0.1) is 5.92 Å². The Balaban J connectivity index is 1.84. The van der Waals surface area contributed by atoms with Crippen molar-refractivity contribution >= 4 is 17.6 Å². The summed E-state index contributed by atoms with van der Waals surface area (Å²) in [7, 11) is 0. The van der Waals surface area contributed by atoms with Crippen LogP contribution in [0.5, 0.6) is 0 Å². The number of nitrogens with one attached hydrogen (secondary N) is 3. The highest BCUT2D eigenvalue weighted by atomic mass is 16.5. The Labute approximate surface area is 161 Å². The maximum absolute atomic E-state index is 12.2. The first-order valence-electron chi connectivity index (χ1n) is 9.63. The van der Waals surface area contributed by atoms with Crippen LogP contribution in [0.1, 0.15) is 33.3 Å². The Morgan fingerprint density at radius 2 is 1.74 bits per heavy atom. The number of rotatable bonds is 7. The molecule has 0 radical (unpaired) electrons. The molecule has 7 nitrogen and oxygen atoms in total. The zero-order chi connectivity index (χ0) is 19.8. The number of urea groups is 1. The molecule has 1 aliphatic heterocycles. The number of hydrogen-bond donors (Lipinski definition) is 3. The topological polar surface area (TPSA) is 82.7 Å². The van der Waals surface area contributed by atoms with Gasteiger partial charge >= 0.3 is 6.03 Å². The van der Waals surface area contributed by atoms with Gasteiger partial charge in [-0.15, -0.1) is 0 Å². The highest BCUT2D eigenvalue weighted by molar-refractivity contribution is 5.90. The number of ether oxygens (including phenoxy) is 1. The van der Waals surface area contributed by atoms with Crippen LogP contribution in [-0.2, 0) is 16.1 Å². The number of amides is 3. The van der Waals surface area contributed by atoms with E-state index < -0.39 is 0 Å². The minimum atomic E-state index is -0.273. The summed E-state index contributed by atoms with van der Waals surface area (Å²) in [5.74, 6) is -0.0761. The molecule has 0 unspecified atom stereocenters. The molecule has 1 aliphatic rings. The smallest absolute Gasteiger partial charge is 0.319 e. The molecule has 0 spiro atoms. The molecule has 3 amide bonds. The second kappa shape index (κ2) is 10.3. The van der Waals surface area contributed by atoms with Crippen molar-refractivity contribution in [2.45, 2.75) is 46.4 Å². The van der Waals surface area contributed by atoms with Gasteiger partial charge in [-0.3, -0.25) is 9.69 Å². The Hall–Kier alpha value is -2.12. The monoisotopic (exact) mass is 376 g/mol. The molecule has 0 aliphatic carbocycles. The molecule has 27 heavy (non-hydrogen) atoms. The number of benzene rings is 1. The summed E-state index contributed by atoms with van der Waals surface area (Å²) in [6.07, 6.45) is 0.413. The fraction of sp³-hybridized carbons (Fsp3) is 0.600. The van der Waals surface area contributed by atoms with Crippen LogP contribution in [0.3, 0.4) is 0 Å². The summed E-state index contributed by atoms with van der Waals surface area (Å²) < 4.78 is 5.78. The normalized spacial score (nSPS) is 20.3. The first kappa shape index (κ1) is 21.2. The van der Waals surface area contributed by atoms with E-state index in [1.807, 2.05) is 38.1 Å². The van der Waals surface area contributed by atoms with Crippen molar-refractivity contribution in [3.63, 3.8) is 0 Å². The maximum atomic E-state index is 12.2. The van der Waals surface area contributed by atoms with E-state index in [2.05, 4.69) is 34.7 Å². The molecular weight excluding hydrogens is 344 g/mol. The summed E-state index contributed by atoms with van der Waals surface area (Å²) in [4.78, 5) is 26.0. The Kier molecular flexibility index (Phi) is 8.06. The van der Waals surface area contributed by atoms with E-state index in [1.165, 1.54) is 0 Å². The largest absolute Gasteiger partial charge is 0.373 e. The van der Waals surface area contributed by atoms with E-state index in [-0.39, 0.29) is 30.1 Å². The van der Waals surface area contributed by atoms with Crippen LogP contribution in [0.2, 0.25) is 0 Å². The lowest BCUT2D eigenvalue weighted by molar-refractivity contribution is -0.123. The van der Waals surface area contributed by atoms with Crippen LogP contribution < -0.4 is 16.0 Å². The molecule has 7 heteroatoms. The lowest BCUT2D eigenvalue weighted by Crippen LogP contribution is -2.45. The van der Waals surface area contributed by atoms with Gasteiger partial charge in [0.15, 0.2) is 0 Å². The molecule has 3 N–H and O–H groups in total. The van der Waals surface area contributed by atoms with Crippen LogP contribution in [-0.4, -0.2) is 55.2 Å². The Morgan fingerprint density at radius 1 is 1.11 bits per heavy atom. The second-order valence-electron chi connectivity index (χ2n) is 7.44. The van der Waals surface area contributed by atoms with Crippen molar-refractivity contribution in [2.75, 3.05) is 31.5 Å². The third-order valence-electron chi connectivity index (χ3n) is 4.39. The summed E-state index contributed by atoms with van der Waals surface area (Å²) in [6.45, 7) is 11.1. The van der Waals surface area contributed by atoms with Crippen LogP contribution in [0.25, 0.3) is 0 Å². The highest BCUT2D eigenvalue weighted by Gasteiger charge is 2.22. The molecule has 1 aromatic rings. The van der Waals surface area contributed by atoms with Gasteiger partial charge in [0.25, 0.3) is 0 Å². The molecule has 2 atom stereocenters. The number of nitrogens with zero attached hydrogens (tertiary/aromatic N) is 1. The maximum Gasteiger partial charge on any atom is 0.319 e. The predicted molar refractivity (Wildman–Crippen MR) is 107 cm³/mol. The molecular formula is C20H32N4O3. The quantitative estimate of drug-likeness (QED) is 0.637.